The maximum atomic E-state index is 13.8. The Morgan fingerprint density at radius 2 is 2.56 bits per heavy atom. The third kappa shape index (κ3) is 2.63. The Labute approximate surface area is 107 Å². The average molecular weight is 263 g/mol. The number of nitrogens with one attached hydrogen (secondary N) is 1. The summed E-state index contributed by atoms with van der Waals surface area (Å²) in [5, 5.41) is 11.8. The van der Waals surface area contributed by atoms with Gasteiger partial charge in [-0.25, -0.2) is 9.37 Å². The zero-order chi connectivity index (χ0) is 13.0. The standard InChI is InChI=1S/C12H10FN3OS/c13-11-3-8(4-14)1-2-10(11)12-16-6-9(18-12)5-15-7-17/h2-3,6-8H,1,5H2,(H,15,17). The van der Waals surface area contributed by atoms with Gasteiger partial charge in [-0.15, -0.1) is 11.3 Å². The van der Waals surface area contributed by atoms with Gasteiger partial charge >= 0.3 is 0 Å². The fourth-order valence-corrected chi connectivity index (χ4v) is 2.52. The van der Waals surface area contributed by atoms with Gasteiger partial charge in [-0.05, 0) is 12.5 Å². The van der Waals surface area contributed by atoms with Crippen LogP contribution in [0.5, 0.6) is 0 Å². The van der Waals surface area contributed by atoms with Crippen molar-refractivity contribution in [2.45, 2.75) is 13.0 Å². The lowest BCUT2D eigenvalue weighted by Crippen LogP contribution is -2.07. The minimum absolute atomic E-state index is 0.389. The molecule has 1 heterocycles. The molecule has 0 bridgehead atoms. The van der Waals surface area contributed by atoms with E-state index in [2.05, 4.69) is 10.3 Å². The Morgan fingerprint density at radius 3 is 3.22 bits per heavy atom. The number of rotatable bonds is 4. The Morgan fingerprint density at radius 1 is 1.72 bits per heavy atom. The normalized spacial score (nSPS) is 18.6. The fourth-order valence-electron chi connectivity index (χ4n) is 1.61. The number of hydrogen-bond donors (Lipinski definition) is 1. The molecular weight excluding hydrogens is 253 g/mol. The van der Waals surface area contributed by atoms with Crippen molar-refractivity contribution < 1.29 is 9.18 Å². The molecule has 1 aromatic heterocycles. The minimum atomic E-state index is -0.406. The van der Waals surface area contributed by atoms with E-state index in [-0.39, 0.29) is 0 Å². The largest absolute Gasteiger partial charge is 0.354 e. The minimum Gasteiger partial charge on any atom is -0.354 e. The van der Waals surface area contributed by atoms with Crippen molar-refractivity contribution in [2.75, 3.05) is 0 Å². The first kappa shape index (κ1) is 12.5. The molecule has 92 valence electrons. The number of aromatic nitrogens is 1. The molecule has 0 aliphatic heterocycles. The SMILES string of the molecule is N#CC1C=C(F)C(c2ncc(CNC=O)s2)=CC1. The second-order valence-corrected chi connectivity index (χ2v) is 4.85. The van der Waals surface area contributed by atoms with Gasteiger partial charge in [0.15, 0.2) is 0 Å². The van der Waals surface area contributed by atoms with Crippen LogP contribution in [0.4, 0.5) is 4.39 Å². The molecule has 1 N–H and O–H groups in total. The Bertz CT molecular complexity index is 556. The number of thiazole rings is 1. The third-order valence-corrected chi connectivity index (χ3v) is 3.52. The molecule has 1 aliphatic carbocycles. The molecule has 0 fully saturated rings. The van der Waals surface area contributed by atoms with E-state index in [1.807, 2.05) is 6.07 Å². The van der Waals surface area contributed by atoms with E-state index in [0.29, 0.717) is 30.0 Å². The molecule has 1 unspecified atom stereocenters. The van der Waals surface area contributed by atoms with E-state index in [9.17, 15) is 9.18 Å². The number of halogens is 1. The molecule has 0 saturated heterocycles. The van der Waals surface area contributed by atoms with Crippen molar-refractivity contribution in [2.24, 2.45) is 5.92 Å². The van der Waals surface area contributed by atoms with E-state index in [1.54, 1.807) is 12.3 Å². The lowest BCUT2D eigenvalue weighted by molar-refractivity contribution is -0.109. The van der Waals surface area contributed by atoms with Gasteiger partial charge in [-0.3, -0.25) is 4.79 Å². The van der Waals surface area contributed by atoms with Crippen molar-refractivity contribution >= 4 is 23.3 Å². The third-order valence-electron chi connectivity index (χ3n) is 2.49. The van der Waals surface area contributed by atoms with Crippen LogP contribution in [-0.4, -0.2) is 11.4 Å². The average Bonchev–Trinajstić information content (AvgIpc) is 2.84. The highest BCUT2D eigenvalue weighted by Crippen LogP contribution is 2.33. The smallest absolute Gasteiger partial charge is 0.207 e. The second kappa shape index (κ2) is 5.56. The van der Waals surface area contributed by atoms with E-state index in [0.717, 1.165) is 4.88 Å². The van der Waals surface area contributed by atoms with Gasteiger partial charge in [0.2, 0.25) is 6.41 Å². The number of amides is 1. The number of nitriles is 1. The first-order valence-corrected chi connectivity index (χ1v) is 6.16. The van der Waals surface area contributed by atoms with Crippen LogP contribution in [0.3, 0.4) is 0 Å². The summed E-state index contributed by atoms with van der Waals surface area (Å²) >= 11 is 1.33. The highest BCUT2D eigenvalue weighted by molar-refractivity contribution is 7.12. The molecule has 0 spiro atoms. The highest BCUT2D eigenvalue weighted by Gasteiger charge is 2.19. The molecule has 2 rings (SSSR count). The summed E-state index contributed by atoms with van der Waals surface area (Å²) < 4.78 is 13.8. The van der Waals surface area contributed by atoms with Crippen LogP contribution >= 0.6 is 11.3 Å². The van der Waals surface area contributed by atoms with Gasteiger partial charge in [0, 0.05) is 16.6 Å². The first-order chi connectivity index (χ1) is 8.74. The zero-order valence-corrected chi connectivity index (χ0v) is 10.2. The maximum absolute atomic E-state index is 13.8. The van der Waals surface area contributed by atoms with Crippen molar-refractivity contribution in [3.05, 3.63) is 34.1 Å². The Kier molecular flexibility index (Phi) is 3.85. The van der Waals surface area contributed by atoms with Gasteiger partial charge in [-0.2, -0.15) is 5.26 Å². The molecule has 18 heavy (non-hydrogen) atoms. The molecule has 6 heteroatoms. The van der Waals surface area contributed by atoms with Crippen molar-refractivity contribution in [3.63, 3.8) is 0 Å². The van der Waals surface area contributed by atoms with Crippen LogP contribution < -0.4 is 5.32 Å². The summed E-state index contributed by atoms with van der Waals surface area (Å²) in [5.74, 6) is -0.804. The molecular formula is C12H10FN3OS. The van der Waals surface area contributed by atoms with Crippen LogP contribution in [-0.2, 0) is 11.3 Å². The quantitative estimate of drug-likeness (QED) is 0.847. The van der Waals surface area contributed by atoms with E-state index < -0.39 is 11.7 Å². The molecule has 0 saturated carbocycles. The number of carbonyl (C=O) groups excluding carboxylic acids is 1. The van der Waals surface area contributed by atoms with Crippen LogP contribution in [0.15, 0.2) is 24.2 Å². The van der Waals surface area contributed by atoms with Crippen LogP contribution in [0.1, 0.15) is 16.3 Å². The summed E-state index contributed by atoms with van der Waals surface area (Å²) in [5.41, 5.74) is 0.434. The molecule has 1 amide bonds. The summed E-state index contributed by atoms with van der Waals surface area (Å²) in [6.45, 7) is 0.389. The molecule has 1 aliphatic rings. The molecule has 0 radical (unpaired) electrons. The summed E-state index contributed by atoms with van der Waals surface area (Å²) in [7, 11) is 0. The summed E-state index contributed by atoms with van der Waals surface area (Å²) in [6, 6.07) is 2.01. The maximum Gasteiger partial charge on any atom is 0.207 e. The topological polar surface area (TPSA) is 65.8 Å². The lowest BCUT2D eigenvalue weighted by Gasteiger charge is -2.10. The number of hydrogen-bond acceptors (Lipinski definition) is 4. The van der Waals surface area contributed by atoms with Crippen molar-refractivity contribution in [1.82, 2.24) is 10.3 Å². The molecule has 0 aromatic carbocycles. The highest BCUT2D eigenvalue weighted by atomic mass is 32.1. The Balaban J connectivity index is 2.16. The van der Waals surface area contributed by atoms with E-state index >= 15 is 0 Å². The summed E-state index contributed by atoms with van der Waals surface area (Å²) in [6.07, 6.45) is 5.73. The molecule has 1 atom stereocenters. The number of nitrogens with zero attached hydrogens (tertiary/aromatic N) is 2. The van der Waals surface area contributed by atoms with E-state index in [4.69, 9.17) is 5.26 Å². The van der Waals surface area contributed by atoms with Gasteiger partial charge < -0.3 is 5.32 Å². The predicted molar refractivity (Wildman–Crippen MR) is 65.9 cm³/mol. The van der Waals surface area contributed by atoms with Gasteiger partial charge in [-0.1, -0.05) is 6.08 Å². The predicted octanol–water partition coefficient (Wildman–Crippen LogP) is 2.17. The first-order valence-electron chi connectivity index (χ1n) is 5.34. The van der Waals surface area contributed by atoms with Gasteiger partial charge in [0.05, 0.1) is 18.5 Å². The van der Waals surface area contributed by atoms with Gasteiger partial charge in [0.1, 0.15) is 10.8 Å². The Hall–Kier alpha value is -2.00. The van der Waals surface area contributed by atoms with Crippen LogP contribution in [0, 0.1) is 17.2 Å². The van der Waals surface area contributed by atoms with Crippen LogP contribution in [0.25, 0.3) is 5.57 Å². The van der Waals surface area contributed by atoms with Crippen molar-refractivity contribution in [1.29, 1.82) is 5.26 Å². The second-order valence-electron chi connectivity index (χ2n) is 3.73. The molecule has 1 aromatic rings. The van der Waals surface area contributed by atoms with Crippen LogP contribution in [0.2, 0.25) is 0 Å². The molecule has 4 nitrogen and oxygen atoms in total. The zero-order valence-electron chi connectivity index (χ0n) is 9.39. The van der Waals surface area contributed by atoms with E-state index in [1.165, 1.54) is 17.4 Å². The summed E-state index contributed by atoms with van der Waals surface area (Å²) in [4.78, 5) is 15.1. The van der Waals surface area contributed by atoms with Crippen molar-refractivity contribution in [3.8, 4) is 6.07 Å². The van der Waals surface area contributed by atoms with Gasteiger partial charge in [0.25, 0.3) is 0 Å². The fraction of sp³-hybridized carbons (Fsp3) is 0.250. The monoisotopic (exact) mass is 263 g/mol. The number of allylic oxidation sites excluding steroid dienone is 4. The number of carbonyl (C=O) groups is 1. The lowest BCUT2D eigenvalue weighted by atomic mass is 9.97.